The van der Waals surface area contributed by atoms with Gasteiger partial charge in [0, 0.05) is 5.75 Å². The van der Waals surface area contributed by atoms with Crippen molar-refractivity contribution in [2.45, 2.75) is 31.4 Å². The van der Waals surface area contributed by atoms with Crippen molar-refractivity contribution in [3.63, 3.8) is 0 Å². The van der Waals surface area contributed by atoms with Gasteiger partial charge in [0.05, 0.1) is 24.1 Å². The van der Waals surface area contributed by atoms with E-state index in [0.29, 0.717) is 29.9 Å². The molecule has 0 bridgehead atoms. The quantitative estimate of drug-likeness (QED) is 0.337. The largest absolute Gasteiger partial charge is 0.309 e. The summed E-state index contributed by atoms with van der Waals surface area (Å²) in [6.07, 6.45) is 0. The molecule has 27 heavy (non-hydrogen) atoms. The maximum atomic E-state index is 12.3. The topological polar surface area (TPSA) is 66.8 Å². The molecule has 2 heterocycles. The minimum Gasteiger partial charge on any atom is -0.309 e. The molecule has 0 fully saturated rings. The van der Waals surface area contributed by atoms with Crippen LogP contribution in [0.1, 0.15) is 19.7 Å². The molecule has 0 aliphatic carbocycles. The maximum Gasteiger partial charge on any atom is 0.258 e. The zero-order chi connectivity index (χ0) is 19.4. The van der Waals surface area contributed by atoms with Crippen LogP contribution < -0.4 is 5.56 Å². The highest BCUT2D eigenvalue weighted by Crippen LogP contribution is 2.23. The molecule has 142 valence electrons. The summed E-state index contributed by atoms with van der Waals surface area (Å²) < 4.78 is 3.50. The molecule has 3 aromatic rings. The number of hydrogen-bond donors (Lipinski definition) is 1. The third-order valence-corrected chi connectivity index (χ3v) is 6.52. The monoisotopic (exact) mass is 419 g/mol. The SMILES string of the molecule is C=C(C)CSc1nn(CN(CC)Cc2nc3ccccc3c(=O)[nH]2)c(=S)s1. The zero-order valence-electron chi connectivity index (χ0n) is 15.3. The van der Waals surface area contributed by atoms with Gasteiger partial charge in [-0.05, 0) is 37.8 Å². The Balaban J connectivity index is 1.76. The maximum absolute atomic E-state index is 12.3. The predicted octanol–water partition coefficient (Wildman–Crippen LogP) is 4.06. The van der Waals surface area contributed by atoms with Gasteiger partial charge in [0.1, 0.15) is 5.82 Å². The lowest BCUT2D eigenvalue weighted by molar-refractivity contribution is 0.202. The lowest BCUT2D eigenvalue weighted by Gasteiger charge is -2.19. The summed E-state index contributed by atoms with van der Waals surface area (Å²) >= 11 is 8.61. The molecule has 1 N–H and O–H groups in total. The van der Waals surface area contributed by atoms with Crippen LogP contribution in [0.2, 0.25) is 0 Å². The van der Waals surface area contributed by atoms with Crippen LogP contribution in [-0.2, 0) is 13.2 Å². The number of rotatable bonds is 8. The minimum absolute atomic E-state index is 0.115. The summed E-state index contributed by atoms with van der Waals surface area (Å²) in [7, 11) is 0. The first kappa shape index (κ1) is 19.9. The molecular weight excluding hydrogens is 398 g/mol. The number of aromatic amines is 1. The molecule has 6 nitrogen and oxygen atoms in total. The second kappa shape index (κ2) is 8.92. The summed E-state index contributed by atoms with van der Waals surface area (Å²) in [4.78, 5) is 21.8. The number of benzene rings is 1. The first-order valence-corrected chi connectivity index (χ1v) is 10.7. The van der Waals surface area contributed by atoms with Crippen LogP contribution in [0.5, 0.6) is 0 Å². The average molecular weight is 420 g/mol. The Hall–Kier alpha value is -1.81. The molecule has 0 atom stereocenters. The molecule has 0 saturated heterocycles. The number of H-pyrrole nitrogens is 1. The molecule has 0 aliphatic heterocycles. The number of thioether (sulfide) groups is 1. The first-order chi connectivity index (χ1) is 13.0. The number of hydrogen-bond acceptors (Lipinski definition) is 7. The number of fused-ring (bicyclic) bond motifs is 1. The van der Waals surface area contributed by atoms with E-state index in [4.69, 9.17) is 12.2 Å². The van der Waals surface area contributed by atoms with Crippen LogP contribution in [0.3, 0.4) is 0 Å². The van der Waals surface area contributed by atoms with E-state index >= 15 is 0 Å². The molecule has 0 saturated carbocycles. The van der Waals surface area contributed by atoms with Gasteiger partial charge in [-0.3, -0.25) is 9.69 Å². The summed E-state index contributed by atoms with van der Waals surface area (Å²) in [5, 5.41) is 5.20. The minimum atomic E-state index is -0.115. The summed E-state index contributed by atoms with van der Waals surface area (Å²) in [5.41, 5.74) is 1.70. The number of nitrogens with zero attached hydrogens (tertiary/aromatic N) is 4. The summed E-state index contributed by atoms with van der Waals surface area (Å²) in [6.45, 7) is 9.83. The van der Waals surface area contributed by atoms with Crippen molar-refractivity contribution in [3.8, 4) is 0 Å². The summed E-state index contributed by atoms with van der Waals surface area (Å²) in [6, 6.07) is 7.35. The smallest absolute Gasteiger partial charge is 0.258 e. The van der Waals surface area contributed by atoms with E-state index in [2.05, 4.69) is 33.5 Å². The Labute approximate surface area is 171 Å². The highest BCUT2D eigenvalue weighted by molar-refractivity contribution is 8.01. The molecule has 0 radical (unpaired) electrons. The van der Waals surface area contributed by atoms with E-state index in [1.54, 1.807) is 17.8 Å². The van der Waals surface area contributed by atoms with Crippen LogP contribution in [0.4, 0.5) is 0 Å². The van der Waals surface area contributed by atoms with Crippen molar-refractivity contribution in [1.29, 1.82) is 0 Å². The van der Waals surface area contributed by atoms with Gasteiger partial charge >= 0.3 is 0 Å². The van der Waals surface area contributed by atoms with Crippen molar-refractivity contribution in [2.75, 3.05) is 12.3 Å². The van der Waals surface area contributed by atoms with Gasteiger partial charge in [-0.2, -0.15) is 5.10 Å². The normalized spacial score (nSPS) is 11.4. The molecule has 0 amide bonds. The van der Waals surface area contributed by atoms with Gasteiger partial charge in [0.15, 0.2) is 8.29 Å². The Bertz CT molecular complexity index is 1070. The van der Waals surface area contributed by atoms with E-state index in [-0.39, 0.29) is 5.56 Å². The van der Waals surface area contributed by atoms with Crippen molar-refractivity contribution >= 4 is 46.2 Å². The van der Waals surface area contributed by atoms with Crippen LogP contribution in [-0.4, -0.2) is 36.9 Å². The highest BCUT2D eigenvalue weighted by Gasteiger charge is 2.11. The van der Waals surface area contributed by atoms with Gasteiger partial charge in [-0.15, -0.1) is 0 Å². The van der Waals surface area contributed by atoms with E-state index < -0.39 is 0 Å². The van der Waals surface area contributed by atoms with E-state index in [1.165, 1.54) is 11.3 Å². The molecule has 9 heteroatoms. The van der Waals surface area contributed by atoms with Crippen LogP contribution in [0.25, 0.3) is 10.9 Å². The molecular formula is C18H21N5OS3. The first-order valence-electron chi connectivity index (χ1n) is 8.51. The highest BCUT2D eigenvalue weighted by atomic mass is 32.2. The second-order valence-electron chi connectivity index (χ2n) is 6.20. The average Bonchev–Trinajstić information content (AvgIpc) is 2.99. The van der Waals surface area contributed by atoms with Crippen LogP contribution in [0, 0.1) is 3.95 Å². The number of para-hydroxylation sites is 1. The number of aromatic nitrogens is 4. The van der Waals surface area contributed by atoms with Gasteiger partial charge < -0.3 is 4.98 Å². The lowest BCUT2D eigenvalue weighted by atomic mass is 10.2. The van der Waals surface area contributed by atoms with Gasteiger partial charge in [-0.1, -0.05) is 54.3 Å². The third kappa shape index (κ3) is 5.13. The van der Waals surface area contributed by atoms with E-state index in [1.807, 2.05) is 29.8 Å². The molecule has 0 unspecified atom stereocenters. The van der Waals surface area contributed by atoms with Crippen molar-refractivity contribution in [3.05, 3.63) is 56.6 Å². The van der Waals surface area contributed by atoms with Gasteiger partial charge in [-0.25, -0.2) is 9.67 Å². The molecule has 0 aliphatic rings. The lowest BCUT2D eigenvalue weighted by Crippen LogP contribution is -2.28. The predicted molar refractivity (Wildman–Crippen MR) is 115 cm³/mol. The third-order valence-electron chi connectivity index (χ3n) is 3.85. The standard InChI is InChI=1S/C18H21N5OS3/c1-4-22(11-23-18(25)27-17(21-23)26-10-12(2)3)9-15-19-14-8-6-5-7-13(14)16(24)20-15/h5-8H,2,4,9-11H2,1,3H3,(H,19,20,24). The fraction of sp³-hybridized carbons (Fsp3) is 0.333. The Morgan fingerprint density at radius 1 is 1.44 bits per heavy atom. The van der Waals surface area contributed by atoms with E-state index in [9.17, 15) is 4.79 Å². The van der Waals surface area contributed by atoms with E-state index in [0.717, 1.165) is 26.2 Å². The Kier molecular flexibility index (Phi) is 6.59. The molecule has 0 spiro atoms. The van der Waals surface area contributed by atoms with Crippen LogP contribution >= 0.6 is 35.3 Å². The van der Waals surface area contributed by atoms with Gasteiger partial charge in [0.2, 0.25) is 0 Å². The van der Waals surface area contributed by atoms with Gasteiger partial charge in [0.25, 0.3) is 5.56 Å². The summed E-state index contributed by atoms with van der Waals surface area (Å²) in [5.74, 6) is 1.47. The molecule has 1 aromatic carbocycles. The molecule has 3 rings (SSSR count). The van der Waals surface area contributed by atoms with Crippen molar-refractivity contribution in [1.82, 2.24) is 24.6 Å². The fourth-order valence-electron chi connectivity index (χ4n) is 2.49. The van der Waals surface area contributed by atoms with Crippen molar-refractivity contribution < 1.29 is 0 Å². The Morgan fingerprint density at radius 3 is 2.96 bits per heavy atom. The molecule has 2 aromatic heterocycles. The number of nitrogens with one attached hydrogen (secondary N) is 1. The zero-order valence-corrected chi connectivity index (χ0v) is 17.7. The second-order valence-corrected chi connectivity index (χ2v) is 9.04. The van der Waals surface area contributed by atoms with Crippen LogP contribution in [0.15, 0.2) is 45.6 Å². The van der Waals surface area contributed by atoms with Crippen molar-refractivity contribution in [2.24, 2.45) is 0 Å². The Morgan fingerprint density at radius 2 is 2.22 bits per heavy atom. The fourth-order valence-corrected chi connectivity index (χ4v) is 4.65.